The molecule has 0 spiro atoms. The second-order valence-corrected chi connectivity index (χ2v) is 5.22. The Hall–Kier alpha value is -3.59. The molecule has 0 saturated heterocycles. The van der Waals surface area contributed by atoms with E-state index in [-0.39, 0.29) is 24.8 Å². The molecule has 0 aliphatic carbocycles. The third-order valence-corrected chi connectivity index (χ3v) is 3.51. The number of nitrogens with zero attached hydrogens (tertiary/aromatic N) is 2. The molecule has 26 heavy (non-hydrogen) atoms. The minimum Gasteiger partial charge on any atom is -0.493 e. The Labute approximate surface area is 151 Å². The quantitative estimate of drug-likeness (QED) is 0.718. The highest BCUT2D eigenvalue weighted by molar-refractivity contribution is 5.93. The number of amides is 1. The summed E-state index contributed by atoms with van der Waals surface area (Å²) in [5, 5.41) is 2.69. The van der Waals surface area contributed by atoms with E-state index in [4.69, 9.17) is 9.47 Å². The van der Waals surface area contributed by atoms with E-state index in [1.54, 1.807) is 13.2 Å². The fourth-order valence-corrected chi connectivity index (χ4v) is 2.25. The van der Waals surface area contributed by atoms with Crippen LogP contribution in [0.5, 0.6) is 11.5 Å². The van der Waals surface area contributed by atoms with Gasteiger partial charge in [0.15, 0.2) is 11.5 Å². The molecule has 2 aromatic carbocycles. The van der Waals surface area contributed by atoms with Gasteiger partial charge in [0.2, 0.25) is 0 Å². The molecule has 1 amide bonds. The van der Waals surface area contributed by atoms with Crippen LogP contribution in [-0.4, -0.2) is 36.1 Å². The first-order valence-corrected chi connectivity index (χ1v) is 7.99. The highest BCUT2D eigenvalue weighted by Crippen LogP contribution is 2.25. The second-order valence-electron chi connectivity index (χ2n) is 5.22. The highest BCUT2D eigenvalue weighted by Gasteiger charge is 2.07. The highest BCUT2D eigenvalue weighted by atomic mass is 16.5. The van der Waals surface area contributed by atoms with Gasteiger partial charge in [-0.2, -0.15) is 0 Å². The predicted molar refractivity (Wildman–Crippen MR) is 98.1 cm³/mol. The number of hydrogen-bond donors (Lipinski definition) is 1. The van der Waals surface area contributed by atoms with E-state index in [2.05, 4.69) is 27.1 Å². The van der Waals surface area contributed by atoms with E-state index in [1.807, 2.05) is 42.5 Å². The van der Waals surface area contributed by atoms with E-state index >= 15 is 0 Å². The first-order chi connectivity index (χ1) is 12.8. The number of benzene rings is 2. The Bertz CT molecular complexity index is 976. The zero-order valence-electron chi connectivity index (χ0n) is 14.2. The molecule has 130 valence electrons. The number of carbonyl (C=O) groups excluding carboxylic acids is 1. The fraction of sp³-hybridized carbons (Fsp3) is 0.150. The molecule has 3 aromatic rings. The van der Waals surface area contributed by atoms with Crippen molar-refractivity contribution in [3.05, 3.63) is 60.4 Å². The topological polar surface area (TPSA) is 73.3 Å². The Morgan fingerprint density at radius 2 is 1.77 bits per heavy atom. The number of ether oxygens (including phenoxy) is 2. The SMILES string of the molecule is COc1ccccc1OCC#CCNC(=O)c1cnc2ccccc2n1. The summed E-state index contributed by atoms with van der Waals surface area (Å²) in [6.45, 7) is 0.397. The molecule has 0 bridgehead atoms. The number of para-hydroxylation sites is 4. The smallest absolute Gasteiger partial charge is 0.272 e. The van der Waals surface area contributed by atoms with Crippen molar-refractivity contribution in [2.24, 2.45) is 0 Å². The van der Waals surface area contributed by atoms with Crippen LogP contribution in [0.1, 0.15) is 10.5 Å². The summed E-state index contributed by atoms with van der Waals surface area (Å²) < 4.78 is 10.7. The molecule has 0 saturated carbocycles. The molecule has 3 rings (SSSR count). The van der Waals surface area contributed by atoms with E-state index in [0.29, 0.717) is 17.0 Å². The molecule has 1 N–H and O–H groups in total. The monoisotopic (exact) mass is 347 g/mol. The first-order valence-electron chi connectivity index (χ1n) is 7.99. The van der Waals surface area contributed by atoms with Gasteiger partial charge in [0.25, 0.3) is 5.91 Å². The predicted octanol–water partition coefficient (Wildman–Crippen LogP) is 2.45. The maximum absolute atomic E-state index is 12.1. The van der Waals surface area contributed by atoms with Crippen molar-refractivity contribution in [3.8, 4) is 23.3 Å². The fourth-order valence-electron chi connectivity index (χ4n) is 2.25. The van der Waals surface area contributed by atoms with Crippen LogP contribution < -0.4 is 14.8 Å². The lowest BCUT2D eigenvalue weighted by Crippen LogP contribution is -2.24. The maximum atomic E-state index is 12.1. The van der Waals surface area contributed by atoms with Gasteiger partial charge in [-0.15, -0.1) is 0 Å². The lowest BCUT2D eigenvalue weighted by atomic mass is 10.3. The van der Waals surface area contributed by atoms with Crippen molar-refractivity contribution in [2.75, 3.05) is 20.3 Å². The summed E-state index contributed by atoms with van der Waals surface area (Å²) in [5.41, 5.74) is 1.68. The number of rotatable bonds is 5. The van der Waals surface area contributed by atoms with Crippen LogP contribution in [0.25, 0.3) is 11.0 Å². The normalized spacial score (nSPS) is 9.88. The average Bonchev–Trinajstić information content (AvgIpc) is 2.70. The molecular weight excluding hydrogens is 330 g/mol. The van der Waals surface area contributed by atoms with Crippen LogP contribution in [0.15, 0.2) is 54.7 Å². The zero-order valence-corrected chi connectivity index (χ0v) is 14.2. The van der Waals surface area contributed by atoms with Crippen LogP contribution in [0.3, 0.4) is 0 Å². The molecule has 6 nitrogen and oxygen atoms in total. The summed E-state index contributed by atoms with van der Waals surface area (Å²) >= 11 is 0. The summed E-state index contributed by atoms with van der Waals surface area (Å²) in [6, 6.07) is 14.7. The Balaban J connectivity index is 1.50. The standard InChI is InChI=1S/C20H17N3O3/c1-25-18-10-4-5-11-19(18)26-13-7-6-12-21-20(24)17-14-22-15-8-2-3-9-16(15)23-17/h2-5,8-11,14H,12-13H2,1H3,(H,21,24). The minimum absolute atomic E-state index is 0.197. The third-order valence-electron chi connectivity index (χ3n) is 3.51. The summed E-state index contributed by atoms with van der Waals surface area (Å²) in [6.07, 6.45) is 1.45. The Morgan fingerprint density at radius 1 is 1.04 bits per heavy atom. The molecule has 0 aliphatic rings. The van der Waals surface area contributed by atoms with Gasteiger partial charge in [0.05, 0.1) is 30.9 Å². The average molecular weight is 347 g/mol. The van der Waals surface area contributed by atoms with E-state index < -0.39 is 0 Å². The van der Waals surface area contributed by atoms with E-state index in [0.717, 1.165) is 5.52 Å². The van der Waals surface area contributed by atoms with Crippen molar-refractivity contribution >= 4 is 16.9 Å². The van der Waals surface area contributed by atoms with Crippen molar-refractivity contribution in [1.29, 1.82) is 0 Å². The van der Waals surface area contributed by atoms with E-state index in [1.165, 1.54) is 6.20 Å². The zero-order chi connectivity index (χ0) is 18.2. The Morgan fingerprint density at radius 3 is 2.58 bits per heavy atom. The molecule has 6 heteroatoms. The van der Waals surface area contributed by atoms with Crippen LogP contribution >= 0.6 is 0 Å². The maximum Gasteiger partial charge on any atom is 0.272 e. The van der Waals surface area contributed by atoms with Gasteiger partial charge in [-0.3, -0.25) is 9.78 Å². The van der Waals surface area contributed by atoms with E-state index in [9.17, 15) is 4.79 Å². The van der Waals surface area contributed by atoms with Crippen LogP contribution in [0, 0.1) is 11.8 Å². The van der Waals surface area contributed by atoms with Crippen molar-refractivity contribution in [1.82, 2.24) is 15.3 Å². The molecule has 1 heterocycles. The molecule has 0 fully saturated rings. The molecule has 0 aliphatic heterocycles. The van der Waals surface area contributed by atoms with Crippen LogP contribution in [0.2, 0.25) is 0 Å². The third kappa shape index (κ3) is 4.28. The van der Waals surface area contributed by atoms with Gasteiger partial charge < -0.3 is 14.8 Å². The van der Waals surface area contributed by atoms with Gasteiger partial charge in [-0.1, -0.05) is 36.1 Å². The Kier molecular flexibility index (Phi) is 5.63. The largest absolute Gasteiger partial charge is 0.493 e. The first kappa shape index (κ1) is 17.2. The summed E-state index contributed by atoms with van der Waals surface area (Å²) in [4.78, 5) is 20.6. The summed E-state index contributed by atoms with van der Waals surface area (Å²) in [5.74, 6) is 6.64. The van der Waals surface area contributed by atoms with Crippen LogP contribution in [-0.2, 0) is 0 Å². The number of hydrogen-bond acceptors (Lipinski definition) is 5. The number of aromatic nitrogens is 2. The second kappa shape index (κ2) is 8.49. The molecule has 1 aromatic heterocycles. The molecule has 0 radical (unpaired) electrons. The van der Waals surface area contributed by atoms with Gasteiger partial charge in [0, 0.05) is 0 Å². The molecule has 0 atom stereocenters. The van der Waals surface area contributed by atoms with Crippen molar-refractivity contribution in [2.45, 2.75) is 0 Å². The van der Waals surface area contributed by atoms with Gasteiger partial charge >= 0.3 is 0 Å². The lowest BCUT2D eigenvalue weighted by molar-refractivity contribution is 0.0953. The molecular formula is C20H17N3O3. The summed E-state index contributed by atoms with van der Waals surface area (Å²) in [7, 11) is 1.58. The van der Waals surface area contributed by atoms with Crippen molar-refractivity contribution < 1.29 is 14.3 Å². The van der Waals surface area contributed by atoms with Gasteiger partial charge in [0.1, 0.15) is 12.3 Å². The van der Waals surface area contributed by atoms with Gasteiger partial charge in [-0.05, 0) is 24.3 Å². The number of methoxy groups -OCH3 is 1. The van der Waals surface area contributed by atoms with Gasteiger partial charge in [-0.25, -0.2) is 4.98 Å². The molecule has 0 unspecified atom stereocenters. The lowest BCUT2D eigenvalue weighted by Gasteiger charge is -2.07. The van der Waals surface area contributed by atoms with Crippen molar-refractivity contribution in [3.63, 3.8) is 0 Å². The number of nitrogens with one attached hydrogen (secondary N) is 1. The van der Waals surface area contributed by atoms with Crippen LogP contribution in [0.4, 0.5) is 0 Å². The number of fused-ring (bicyclic) bond motifs is 1. The number of carbonyl (C=O) groups is 1. The minimum atomic E-state index is -0.316.